The molecule has 0 aliphatic carbocycles. The number of halogens is 2. The first kappa shape index (κ1) is 16.5. The summed E-state index contributed by atoms with van der Waals surface area (Å²) in [6.45, 7) is -1.32. The molecule has 1 aromatic heterocycles. The van der Waals surface area contributed by atoms with Crippen LogP contribution in [0.1, 0.15) is 21.7 Å². The number of hydrogen-bond donors (Lipinski definition) is 1. The summed E-state index contributed by atoms with van der Waals surface area (Å²) in [5, 5.41) is 3.76. The number of nitrogens with one attached hydrogen (secondary N) is 1. The Balaban J connectivity index is 2.07. The summed E-state index contributed by atoms with van der Waals surface area (Å²) < 4.78 is 39.0. The van der Waals surface area contributed by atoms with Gasteiger partial charge in [0.15, 0.2) is 11.5 Å². The number of benzene rings is 1. The Morgan fingerprint density at radius 2 is 2.13 bits per heavy atom. The van der Waals surface area contributed by atoms with E-state index in [1.165, 1.54) is 37.8 Å². The van der Waals surface area contributed by atoms with Crippen LogP contribution >= 0.6 is 0 Å². The van der Waals surface area contributed by atoms with Gasteiger partial charge >= 0.3 is 6.61 Å². The molecular formula is C15H14F2N2O4. The summed E-state index contributed by atoms with van der Waals surface area (Å²) in [4.78, 5) is 11.8. The monoisotopic (exact) mass is 324 g/mol. The predicted octanol–water partition coefficient (Wildman–Crippen LogP) is 2.96. The van der Waals surface area contributed by atoms with Crippen molar-refractivity contribution in [2.45, 2.75) is 13.5 Å². The molecule has 0 atom stereocenters. The lowest BCUT2D eigenvalue weighted by Gasteiger charge is -2.10. The number of hydrazone groups is 1. The van der Waals surface area contributed by atoms with E-state index in [-0.39, 0.29) is 11.5 Å². The second-order valence-corrected chi connectivity index (χ2v) is 4.38. The van der Waals surface area contributed by atoms with Crippen molar-refractivity contribution in [3.05, 3.63) is 47.4 Å². The molecule has 2 aromatic rings. The Morgan fingerprint density at radius 3 is 2.74 bits per heavy atom. The van der Waals surface area contributed by atoms with Gasteiger partial charge in [-0.25, -0.2) is 5.43 Å². The fraction of sp³-hybridized carbons (Fsp3) is 0.200. The molecule has 1 aromatic carbocycles. The fourth-order valence-corrected chi connectivity index (χ4v) is 1.81. The van der Waals surface area contributed by atoms with Gasteiger partial charge in [0.25, 0.3) is 5.91 Å². The number of hydrogen-bond acceptors (Lipinski definition) is 5. The molecule has 6 nitrogen and oxygen atoms in total. The Kier molecular flexibility index (Phi) is 5.29. The van der Waals surface area contributed by atoms with Crippen LogP contribution in [0.2, 0.25) is 0 Å². The number of alkyl halides is 2. The predicted molar refractivity (Wildman–Crippen MR) is 78.1 cm³/mol. The highest BCUT2D eigenvalue weighted by molar-refractivity contribution is 5.95. The van der Waals surface area contributed by atoms with E-state index in [1.54, 1.807) is 13.0 Å². The summed E-state index contributed by atoms with van der Waals surface area (Å²) in [6.07, 6.45) is 2.69. The Bertz CT molecular complexity index is 713. The lowest BCUT2D eigenvalue weighted by Crippen LogP contribution is -2.17. The zero-order chi connectivity index (χ0) is 16.8. The number of furan rings is 1. The lowest BCUT2D eigenvalue weighted by molar-refractivity contribution is -0.0512. The van der Waals surface area contributed by atoms with Gasteiger partial charge in [-0.05, 0) is 36.8 Å². The summed E-state index contributed by atoms with van der Waals surface area (Å²) in [7, 11) is 1.34. The Labute approximate surface area is 130 Å². The summed E-state index contributed by atoms with van der Waals surface area (Å²) >= 11 is 0. The maximum Gasteiger partial charge on any atom is 0.387 e. The Morgan fingerprint density at radius 1 is 1.35 bits per heavy atom. The van der Waals surface area contributed by atoms with E-state index in [0.29, 0.717) is 16.9 Å². The van der Waals surface area contributed by atoms with E-state index in [1.807, 2.05) is 0 Å². The van der Waals surface area contributed by atoms with E-state index in [4.69, 9.17) is 9.15 Å². The second kappa shape index (κ2) is 7.39. The van der Waals surface area contributed by atoms with Crippen molar-refractivity contribution < 1.29 is 27.5 Å². The van der Waals surface area contributed by atoms with E-state index in [0.717, 1.165) is 0 Å². The van der Waals surface area contributed by atoms with Gasteiger partial charge in [-0.1, -0.05) is 0 Å². The highest BCUT2D eigenvalue weighted by atomic mass is 19.3. The topological polar surface area (TPSA) is 73.1 Å². The van der Waals surface area contributed by atoms with Crippen molar-refractivity contribution in [1.82, 2.24) is 5.43 Å². The number of ether oxygens (including phenoxy) is 2. The highest BCUT2D eigenvalue weighted by Gasteiger charge is 2.12. The third kappa shape index (κ3) is 4.29. The third-order valence-electron chi connectivity index (χ3n) is 2.89. The molecule has 0 aliphatic rings. The first-order valence-electron chi connectivity index (χ1n) is 6.51. The van der Waals surface area contributed by atoms with E-state index >= 15 is 0 Å². The van der Waals surface area contributed by atoms with Gasteiger partial charge in [0.2, 0.25) is 0 Å². The van der Waals surface area contributed by atoms with Crippen LogP contribution in [0.5, 0.6) is 11.5 Å². The van der Waals surface area contributed by atoms with Gasteiger partial charge < -0.3 is 13.9 Å². The average molecular weight is 324 g/mol. The normalized spacial score (nSPS) is 11.0. The van der Waals surface area contributed by atoms with Gasteiger partial charge in [0.05, 0.1) is 25.2 Å². The summed E-state index contributed by atoms with van der Waals surface area (Å²) in [5.74, 6) is 0.0730. The second-order valence-electron chi connectivity index (χ2n) is 4.38. The number of rotatable bonds is 6. The van der Waals surface area contributed by atoms with Crippen LogP contribution in [0, 0.1) is 6.92 Å². The number of carbonyl (C=O) groups excluding carboxylic acids is 1. The smallest absolute Gasteiger partial charge is 0.387 e. The number of nitrogens with zero attached hydrogens (tertiary/aromatic N) is 1. The summed E-state index contributed by atoms with van der Waals surface area (Å²) in [5.41, 5.74) is 3.12. The number of methoxy groups -OCH3 is 1. The standard InChI is InChI=1S/C15H14F2N2O4/c1-9-11(5-6-22-9)14(20)19-18-8-10-3-4-12(21-2)13(7-10)23-15(16)17/h3-8,15H,1-2H3,(H,19,20)/b18-8-. The average Bonchev–Trinajstić information content (AvgIpc) is 2.93. The molecule has 0 saturated carbocycles. The quantitative estimate of drug-likeness (QED) is 0.655. The minimum atomic E-state index is -2.97. The zero-order valence-electron chi connectivity index (χ0n) is 12.4. The molecule has 0 aliphatic heterocycles. The summed E-state index contributed by atoms with van der Waals surface area (Å²) in [6, 6.07) is 5.88. The maximum absolute atomic E-state index is 12.3. The van der Waals surface area contributed by atoms with E-state index in [2.05, 4.69) is 15.3 Å². The van der Waals surface area contributed by atoms with Crippen molar-refractivity contribution in [2.75, 3.05) is 7.11 Å². The van der Waals surface area contributed by atoms with Gasteiger partial charge in [-0.2, -0.15) is 13.9 Å². The molecule has 2 rings (SSSR count). The number of amides is 1. The van der Waals surface area contributed by atoms with Crippen LogP contribution < -0.4 is 14.9 Å². The zero-order valence-corrected chi connectivity index (χ0v) is 12.4. The van der Waals surface area contributed by atoms with Crippen LogP contribution in [-0.2, 0) is 0 Å². The molecule has 122 valence electrons. The molecule has 8 heteroatoms. The first-order valence-corrected chi connectivity index (χ1v) is 6.51. The third-order valence-corrected chi connectivity index (χ3v) is 2.89. The van der Waals surface area contributed by atoms with Crippen LogP contribution in [0.3, 0.4) is 0 Å². The number of carbonyl (C=O) groups is 1. The van der Waals surface area contributed by atoms with Gasteiger partial charge in [0.1, 0.15) is 5.76 Å². The largest absolute Gasteiger partial charge is 0.493 e. The molecule has 0 radical (unpaired) electrons. The van der Waals surface area contributed by atoms with Crippen LogP contribution in [0.25, 0.3) is 0 Å². The van der Waals surface area contributed by atoms with E-state index < -0.39 is 12.5 Å². The molecule has 1 heterocycles. The molecule has 0 unspecified atom stereocenters. The van der Waals surface area contributed by atoms with Crippen molar-refractivity contribution in [2.24, 2.45) is 5.10 Å². The SMILES string of the molecule is COc1ccc(/C=N\NC(=O)c2ccoc2C)cc1OC(F)F. The molecule has 0 fully saturated rings. The molecule has 0 bridgehead atoms. The van der Waals surface area contributed by atoms with E-state index in [9.17, 15) is 13.6 Å². The van der Waals surface area contributed by atoms with Crippen LogP contribution in [-0.4, -0.2) is 25.8 Å². The van der Waals surface area contributed by atoms with Gasteiger partial charge in [0, 0.05) is 0 Å². The highest BCUT2D eigenvalue weighted by Crippen LogP contribution is 2.28. The van der Waals surface area contributed by atoms with Gasteiger partial charge in [-0.3, -0.25) is 4.79 Å². The Hall–Kier alpha value is -2.90. The van der Waals surface area contributed by atoms with Crippen molar-refractivity contribution in [3.63, 3.8) is 0 Å². The lowest BCUT2D eigenvalue weighted by atomic mass is 10.2. The number of aryl methyl sites for hydroxylation is 1. The molecule has 1 amide bonds. The maximum atomic E-state index is 12.3. The first-order chi connectivity index (χ1) is 11.0. The molecular weight excluding hydrogens is 310 g/mol. The van der Waals surface area contributed by atoms with Crippen molar-refractivity contribution >= 4 is 12.1 Å². The van der Waals surface area contributed by atoms with Crippen LogP contribution in [0.4, 0.5) is 8.78 Å². The minimum absolute atomic E-state index is 0.122. The fourth-order valence-electron chi connectivity index (χ4n) is 1.81. The molecule has 0 saturated heterocycles. The molecule has 0 spiro atoms. The van der Waals surface area contributed by atoms with Crippen molar-refractivity contribution in [3.8, 4) is 11.5 Å². The van der Waals surface area contributed by atoms with Crippen LogP contribution in [0.15, 0.2) is 40.0 Å². The van der Waals surface area contributed by atoms with Gasteiger partial charge in [-0.15, -0.1) is 0 Å². The van der Waals surface area contributed by atoms with Crippen molar-refractivity contribution in [1.29, 1.82) is 0 Å². The minimum Gasteiger partial charge on any atom is -0.493 e. The molecule has 23 heavy (non-hydrogen) atoms. The molecule has 1 N–H and O–H groups in total.